The fourth-order valence-electron chi connectivity index (χ4n) is 1.41. The van der Waals surface area contributed by atoms with Crippen LogP contribution in [0.3, 0.4) is 0 Å². The molecule has 0 spiro atoms. The average molecular weight is 202 g/mol. The van der Waals surface area contributed by atoms with E-state index in [0.29, 0.717) is 6.42 Å². The molecule has 1 rings (SSSR count). The second-order valence-corrected chi connectivity index (χ2v) is 3.41. The first-order valence-corrected chi connectivity index (χ1v) is 4.53. The molecule has 1 aliphatic heterocycles. The zero-order valence-corrected chi connectivity index (χ0v) is 8.23. The summed E-state index contributed by atoms with van der Waals surface area (Å²) in [4.78, 5) is 22.0. The second-order valence-electron chi connectivity index (χ2n) is 3.41. The van der Waals surface area contributed by atoms with E-state index < -0.39 is 30.1 Å². The van der Waals surface area contributed by atoms with Crippen LogP contribution in [0.25, 0.3) is 0 Å². The minimum Gasteiger partial charge on any atom is -0.462 e. The predicted molar refractivity (Wildman–Crippen MR) is 46.3 cm³/mol. The lowest BCUT2D eigenvalue weighted by Gasteiger charge is -2.31. The summed E-state index contributed by atoms with van der Waals surface area (Å²) in [5.41, 5.74) is 0. The molecule has 80 valence electrons. The highest BCUT2D eigenvalue weighted by atomic mass is 16.6. The lowest BCUT2D eigenvalue weighted by atomic mass is 9.96. The van der Waals surface area contributed by atoms with Gasteiger partial charge in [-0.15, -0.1) is 0 Å². The number of hydrogen-bond donors (Lipinski definition) is 1. The number of aliphatic hydroxyl groups is 1. The maximum atomic E-state index is 11.2. The smallest absolute Gasteiger partial charge is 0.312 e. The van der Waals surface area contributed by atoms with E-state index >= 15 is 0 Å². The highest BCUT2D eigenvalue weighted by Crippen LogP contribution is 2.23. The monoisotopic (exact) mass is 202 g/mol. The Balaban J connectivity index is 2.62. The van der Waals surface area contributed by atoms with Crippen molar-refractivity contribution < 1.29 is 24.2 Å². The van der Waals surface area contributed by atoms with Gasteiger partial charge in [-0.25, -0.2) is 0 Å². The van der Waals surface area contributed by atoms with E-state index in [1.807, 2.05) is 0 Å². The maximum absolute atomic E-state index is 11.2. The summed E-state index contributed by atoms with van der Waals surface area (Å²) in [6.45, 7) is 2.69. The van der Waals surface area contributed by atoms with Crippen molar-refractivity contribution in [3.8, 4) is 0 Å². The van der Waals surface area contributed by atoms with Gasteiger partial charge in [0, 0.05) is 13.3 Å². The van der Waals surface area contributed by atoms with Gasteiger partial charge in [-0.1, -0.05) is 0 Å². The third kappa shape index (κ3) is 2.45. The van der Waals surface area contributed by atoms with Gasteiger partial charge in [-0.3, -0.25) is 9.59 Å². The van der Waals surface area contributed by atoms with Crippen molar-refractivity contribution in [1.82, 2.24) is 0 Å². The lowest BCUT2D eigenvalue weighted by molar-refractivity contribution is -0.179. The topological polar surface area (TPSA) is 72.8 Å². The lowest BCUT2D eigenvalue weighted by Crippen LogP contribution is -2.43. The molecule has 0 radical (unpaired) electrons. The molecule has 1 N–H and O–H groups in total. The molecule has 1 saturated heterocycles. The summed E-state index contributed by atoms with van der Waals surface area (Å²) >= 11 is 0. The molecule has 3 atom stereocenters. The normalized spacial score (nSPS) is 32.2. The Morgan fingerprint density at radius 3 is 2.86 bits per heavy atom. The van der Waals surface area contributed by atoms with Crippen LogP contribution >= 0.6 is 0 Å². The van der Waals surface area contributed by atoms with Crippen molar-refractivity contribution in [3.63, 3.8) is 0 Å². The van der Waals surface area contributed by atoms with Gasteiger partial charge in [0.2, 0.25) is 0 Å². The minimum absolute atomic E-state index is 0.240. The first-order chi connectivity index (χ1) is 6.54. The highest BCUT2D eigenvalue weighted by Gasteiger charge is 2.37. The van der Waals surface area contributed by atoms with Crippen LogP contribution in [-0.4, -0.2) is 35.9 Å². The summed E-state index contributed by atoms with van der Waals surface area (Å²) < 4.78 is 9.83. The SMILES string of the molecule is CC(=O)OC1CC(CO)OC(=O)C1C. The summed E-state index contributed by atoms with van der Waals surface area (Å²) in [6, 6.07) is 0. The van der Waals surface area contributed by atoms with Gasteiger partial charge in [0.05, 0.1) is 12.5 Å². The third-order valence-electron chi connectivity index (χ3n) is 2.23. The van der Waals surface area contributed by atoms with Crippen LogP contribution in [0.4, 0.5) is 0 Å². The Labute approximate surface area is 82.0 Å². The molecule has 0 amide bonds. The van der Waals surface area contributed by atoms with Crippen molar-refractivity contribution in [1.29, 1.82) is 0 Å². The predicted octanol–water partition coefficient (Wildman–Crippen LogP) is -0.138. The van der Waals surface area contributed by atoms with Crippen LogP contribution in [0.1, 0.15) is 20.3 Å². The molecule has 0 aliphatic carbocycles. The van der Waals surface area contributed by atoms with Gasteiger partial charge < -0.3 is 14.6 Å². The quantitative estimate of drug-likeness (QED) is 0.631. The first kappa shape index (κ1) is 11.0. The Bertz CT molecular complexity index is 237. The number of cyclic esters (lactones) is 1. The molecule has 0 aromatic heterocycles. The Hall–Kier alpha value is -1.10. The van der Waals surface area contributed by atoms with Crippen LogP contribution in [0.15, 0.2) is 0 Å². The molecular weight excluding hydrogens is 188 g/mol. The summed E-state index contributed by atoms with van der Waals surface area (Å²) in [7, 11) is 0. The van der Waals surface area contributed by atoms with Crippen molar-refractivity contribution in [2.75, 3.05) is 6.61 Å². The van der Waals surface area contributed by atoms with Gasteiger partial charge in [0.15, 0.2) is 0 Å². The number of aliphatic hydroxyl groups excluding tert-OH is 1. The van der Waals surface area contributed by atoms with Gasteiger partial charge >= 0.3 is 11.9 Å². The number of carbonyl (C=O) groups excluding carboxylic acids is 2. The molecule has 1 heterocycles. The molecule has 5 heteroatoms. The number of rotatable bonds is 2. The molecule has 0 saturated carbocycles. The van der Waals surface area contributed by atoms with E-state index in [-0.39, 0.29) is 6.61 Å². The maximum Gasteiger partial charge on any atom is 0.312 e. The molecule has 0 bridgehead atoms. The Morgan fingerprint density at radius 1 is 1.71 bits per heavy atom. The van der Waals surface area contributed by atoms with Gasteiger partial charge in [0.1, 0.15) is 12.2 Å². The zero-order chi connectivity index (χ0) is 10.7. The van der Waals surface area contributed by atoms with E-state index in [1.54, 1.807) is 6.92 Å². The standard InChI is InChI=1S/C9H14O5/c1-5-8(13-6(2)11)3-7(4-10)14-9(5)12/h5,7-8,10H,3-4H2,1-2H3. The van der Waals surface area contributed by atoms with Gasteiger partial charge in [-0.05, 0) is 6.92 Å². The highest BCUT2D eigenvalue weighted by molar-refractivity contribution is 5.74. The van der Waals surface area contributed by atoms with E-state index in [2.05, 4.69) is 0 Å². The number of esters is 2. The van der Waals surface area contributed by atoms with Crippen molar-refractivity contribution in [2.24, 2.45) is 5.92 Å². The number of ether oxygens (including phenoxy) is 2. The summed E-state index contributed by atoms with van der Waals surface area (Å²) in [5, 5.41) is 8.83. The molecule has 1 fully saturated rings. The van der Waals surface area contributed by atoms with E-state index in [0.717, 1.165) is 0 Å². The fourth-order valence-corrected chi connectivity index (χ4v) is 1.41. The number of hydrogen-bond acceptors (Lipinski definition) is 5. The minimum atomic E-state index is -0.553. The average Bonchev–Trinajstić information content (AvgIpc) is 2.11. The summed E-state index contributed by atoms with van der Waals surface area (Å²) in [5.74, 6) is -1.31. The van der Waals surface area contributed by atoms with Crippen LogP contribution in [0.2, 0.25) is 0 Å². The van der Waals surface area contributed by atoms with Crippen LogP contribution in [0.5, 0.6) is 0 Å². The molecule has 3 unspecified atom stereocenters. The van der Waals surface area contributed by atoms with Crippen LogP contribution in [-0.2, 0) is 19.1 Å². The molecule has 1 aliphatic rings. The zero-order valence-electron chi connectivity index (χ0n) is 8.23. The van der Waals surface area contributed by atoms with Gasteiger partial charge in [-0.2, -0.15) is 0 Å². The van der Waals surface area contributed by atoms with Crippen LogP contribution < -0.4 is 0 Å². The van der Waals surface area contributed by atoms with E-state index in [4.69, 9.17) is 14.6 Å². The van der Waals surface area contributed by atoms with Crippen molar-refractivity contribution in [2.45, 2.75) is 32.5 Å². The molecule has 0 aromatic rings. The van der Waals surface area contributed by atoms with Crippen molar-refractivity contribution >= 4 is 11.9 Å². The first-order valence-electron chi connectivity index (χ1n) is 4.53. The van der Waals surface area contributed by atoms with Crippen molar-refractivity contribution in [3.05, 3.63) is 0 Å². The van der Waals surface area contributed by atoms with E-state index in [1.165, 1.54) is 6.92 Å². The molecular formula is C9H14O5. The van der Waals surface area contributed by atoms with E-state index in [9.17, 15) is 9.59 Å². The fraction of sp³-hybridized carbons (Fsp3) is 0.778. The largest absolute Gasteiger partial charge is 0.462 e. The third-order valence-corrected chi connectivity index (χ3v) is 2.23. The van der Waals surface area contributed by atoms with Crippen LogP contribution in [0, 0.1) is 5.92 Å². The summed E-state index contributed by atoms with van der Waals surface area (Å²) in [6.07, 6.45) is -0.669. The molecule has 0 aromatic carbocycles. The molecule has 5 nitrogen and oxygen atoms in total. The Morgan fingerprint density at radius 2 is 2.36 bits per heavy atom. The number of carbonyl (C=O) groups is 2. The van der Waals surface area contributed by atoms with Gasteiger partial charge in [0.25, 0.3) is 0 Å². The second kappa shape index (κ2) is 4.41. The Kier molecular flexibility index (Phi) is 3.46. The molecule has 14 heavy (non-hydrogen) atoms.